The summed E-state index contributed by atoms with van der Waals surface area (Å²) in [6.45, 7) is 6.43. The van der Waals surface area contributed by atoms with Gasteiger partial charge in [0, 0.05) is 23.2 Å². The van der Waals surface area contributed by atoms with Crippen molar-refractivity contribution in [2.24, 2.45) is 5.92 Å². The second-order valence-corrected chi connectivity index (χ2v) is 5.51. The Morgan fingerprint density at radius 2 is 1.88 bits per heavy atom. The summed E-state index contributed by atoms with van der Waals surface area (Å²) < 4.78 is 0.787. The first-order chi connectivity index (χ1) is 7.82. The number of hydrogen-bond donors (Lipinski definition) is 1. The van der Waals surface area contributed by atoms with E-state index < -0.39 is 5.97 Å². The molecule has 0 saturated heterocycles. The summed E-state index contributed by atoms with van der Waals surface area (Å²) in [7, 11) is 1.98. The van der Waals surface area contributed by atoms with Crippen molar-refractivity contribution in [3.8, 4) is 0 Å². The lowest BCUT2D eigenvalue weighted by atomic mass is 10.0. The number of anilines is 1. The largest absolute Gasteiger partial charge is 0.478 e. The molecule has 1 unspecified atom stereocenters. The van der Waals surface area contributed by atoms with Gasteiger partial charge in [-0.25, -0.2) is 4.79 Å². The third-order valence-electron chi connectivity index (χ3n) is 3.11. The molecule has 1 rings (SSSR count). The Morgan fingerprint density at radius 1 is 1.29 bits per heavy atom. The van der Waals surface area contributed by atoms with E-state index in [1.54, 1.807) is 12.1 Å². The Morgan fingerprint density at radius 3 is 2.35 bits per heavy atom. The maximum Gasteiger partial charge on any atom is 0.335 e. The highest BCUT2D eigenvalue weighted by atomic mass is 79.9. The van der Waals surface area contributed by atoms with Crippen molar-refractivity contribution in [3.05, 3.63) is 28.2 Å². The molecule has 0 aliphatic heterocycles. The van der Waals surface area contributed by atoms with Crippen molar-refractivity contribution in [1.29, 1.82) is 0 Å². The minimum Gasteiger partial charge on any atom is -0.478 e. The highest BCUT2D eigenvalue weighted by Crippen LogP contribution is 2.25. The zero-order valence-electron chi connectivity index (χ0n) is 10.6. The van der Waals surface area contributed by atoms with E-state index in [0.29, 0.717) is 17.5 Å². The molecule has 3 nitrogen and oxygen atoms in total. The Bertz CT molecular complexity index is 418. The number of aromatic carboxylic acids is 1. The first-order valence-corrected chi connectivity index (χ1v) is 6.39. The van der Waals surface area contributed by atoms with Crippen LogP contribution in [-0.4, -0.2) is 24.2 Å². The number of carboxylic acid groups (broad SMARTS) is 1. The quantitative estimate of drug-likeness (QED) is 0.923. The normalized spacial score (nSPS) is 12.6. The van der Waals surface area contributed by atoms with Crippen LogP contribution in [0.4, 0.5) is 5.69 Å². The molecular formula is C13H18BrNO2. The van der Waals surface area contributed by atoms with Gasteiger partial charge in [0.15, 0.2) is 0 Å². The Kier molecular flexibility index (Phi) is 4.57. The summed E-state index contributed by atoms with van der Waals surface area (Å²) in [4.78, 5) is 13.1. The van der Waals surface area contributed by atoms with Crippen LogP contribution in [0, 0.1) is 5.92 Å². The number of rotatable bonds is 4. The molecule has 4 heteroatoms. The highest BCUT2D eigenvalue weighted by molar-refractivity contribution is 9.10. The lowest BCUT2D eigenvalue weighted by Crippen LogP contribution is -2.33. The van der Waals surface area contributed by atoms with Gasteiger partial charge in [0.05, 0.1) is 5.56 Å². The molecular weight excluding hydrogens is 282 g/mol. The van der Waals surface area contributed by atoms with E-state index in [-0.39, 0.29) is 0 Å². The van der Waals surface area contributed by atoms with E-state index >= 15 is 0 Å². The molecule has 0 aliphatic rings. The fourth-order valence-corrected chi connectivity index (χ4v) is 2.06. The van der Waals surface area contributed by atoms with E-state index in [9.17, 15) is 4.79 Å². The van der Waals surface area contributed by atoms with Crippen LogP contribution in [0.3, 0.4) is 0 Å². The van der Waals surface area contributed by atoms with Crippen molar-refractivity contribution >= 4 is 27.6 Å². The van der Waals surface area contributed by atoms with Crippen LogP contribution in [-0.2, 0) is 0 Å². The van der Waals surface area contributed by atoms with Crippen LogP contribution in [0.2, 0.25) is 0 Å². The minimum absolute atomic E-state index is 0.303. The van der Waals surface area contributed by atoms with Gasteiger partial charge in [-0.05, 0) is 31.0 Å². The van der Waals surface area contributed by atoms with E-state index in [2.05, 4.69) is 41.6 Å². The molecule has 17 heavy (non-hydrogen) atoms. The first kappa shape index (κ1) is 14.0. The van der Waals surface area contributed by atoms with E-state index in [0.717, 1.165) is 10.2 Å². The summed E-state index contributed by atoms with van der Waals surface area (Å²) in [5.41, 5.74) is 1.22. The Hall–Kier alpha value is -1.03. The number of carbonyl (C=O) groups is 1. The summed E-state index contributed by atoms with van der Waals surface area (Å²) in [5, 5.41) is 9.02. The maximum atomic E-state index is 11.0. The molecule has 1 atom stereocenters. The molecule has 0 fully saturated rings. The monoisotopic (exact) mass is 299 g/mol. The number of nitrogens with zero attached hydrogens (tertiary/aromatic N) is 1. The van der Waals surface area contributed by atoms with Crippen LogP contribution >= 0.6 is 15.9 Å². The van der Waals surface area contributed by atoms with Crippen molar-refractivity contribution < 1.29 is 9.90 Å². The molecule has 94 valence electrons. The van der Waals surface area contributed by atoms with E-state index in [1.807, 2.05) is 13.1 Å². The molecule has 1 aromatic carbocycles. The van der Waals surface area contributed by atoms with E-state index in [4.69, 9.17) is 5.11 Å². The molecule has 0 aliphatic carbocycles. The molecule has 0 heterocycles. The molecule has 0 aromatic heterocycles. The SMILES string of the molecule is CC(C)C(C)N(C)c1cc(Br)cc(C(=O)O)c1. The number of carboxylic acids is 1. The number of halogens is 1. The number of hydrogen-bond acceptors (Lipinski definition) is 2. The zero-order valence-corrected chi connectivity index (χ0v) is 12.2. The predicted molar refractivity (Wildman–Crippen MR) is 73.8 cm³/mol. The van der Waals surface area contributed by atoms with Crippen LogP contribution < -0.4 is 4.90 Å². The second kappa shape index (κ2) is 5.54. The van der Waals surface area contributed by atoms with Gasteiger partial charge in [-0.1, -0.05) is 29.8 Å². The second-order valence-electron chi connectivity index (χ2n) is 4.60. The van der Waals surface area contributed by atoms with Gasteiger partial charge in [-0.3, -0.25) is 0 Å². The molecule has 0 amide bonds. The lowest BCUT2D eigenvalue weighted by molar-refractivity contribution is 0.0697. The first-order valence-electron chi connectivity index (χ1n) is 5.59. The van der Waals surface area contributed by atoms with Crippen molar-refractivity contribution in [1.82, 2.24) is 0 Å². The van der Waals surface area contributed by atoms with Gasteiger partial charge in [-0.2, -0.15) is 0 Å². The minimum atomic E-state index is -0.904. The van der Waals surface area contributed by atoms with Gasteiger partial charge in [-0.15, -0.1) is 0 Å². The Labute approximate surface area is 111 Å². The smallest absolute Gasteiger partial charge is 0.335 e. The topological polar surface area (TPSA) is 40.5 Å². The molecule has 0 spiro atoms. The fourth-order valence-electron chi connectivity index (χ4n) is 1.58. The molecule has 1 N–H and O–H groups in total. The molecule has 0 radical (unpaired) electrons. The maximum absolute atomic E-state index is 11.0. The third-order valence-corrected chi connectivity index (χ3v) is 3.57. The third kappa shape index (κ3) is 3.46. The number of benzene rings is 1. The predicted octanol–water partition coefficient (Wildman–Crippen LogP) is 3.63. The lowest BCUT2D eigenvalue weighted by Gasteiger charge is -2.30. The van der Waals surface area contributed by atoms with Crippen molar-refractivity contribution in [3.63, 3.8) is 0 Å². The molecule has 0 saturated carbocycles. The highest BCUT2D eigenvalue weighted by Gasteiger charge is 2.15. The van der Waals surface area contributed by atoms with Crippen LogP contribution in [0.15, 0.2) is 22.7 Å². The molecule has 0 bridgehead atoms. The van der Waals surface area contributed by atoms with Gasteiger partial charge < -0.3 is 10.0 Å². The van der Waals surface area contributed by atoms with Gasteiger partial charge in [0.1, 0.15) is 0 Å². The zero-order chi connectivity index (χ0) is 13.2. The van der Waals surface area contributed by atoms with E-state index in [1.165, 1.54) is 0 Å². The summed E-state index contributed by atoms with van der Waals surface area (Å²) in [5.74, 6) is -0.398. The van der Waals surface area contributed by atoms with Crippen molar-refractivity contribution in [2.45, 2.75) is 26.8 Å². The van der Waals surface area contributed by atoms with Crippen LogP contribution in [0.1, 0.15) is 31.1 Å². The molecule has 1 aromatic rings. The summed E-state index contributed by atoms with van der Waals surface area (Å²) in [6.07, 6.45) is 0. The Balaban J connectivity index is 3.09. The average molecular weight is 300 g/mol. The standard InChI is InChI=1S/C13H18BrNO2/c1-8(2)9(3)15(4)12-6-10(13(16)17)5-11(14)7-12/h5-9H,1-4H3,(H,16,17). The van der Waals surface area contributed by atoms with Gasteiger partial charge in [0.25, 0.3) is 0 Å². The van der Waals surface area contributed by atoms with Gasteiger partial charge >= 0.3 is 5.97 Å². The summed E-state index contributed by atoms with van der Waals surface area (Å²) >= 11 is 3.35. The van der Waals surface area contributed by atoms with Crippen LogP contribution in [0.5, 0.6) is 0 Å². The van der Waals surface area contributed by atoms with Crippen molar-refractivity contribution in [2.75, 3.05) is 11.9 Å². The fraction of sp³-hybridized carbons (Fsp3) is 0.462. The summed E-state index contributed by atoms with van der Waals surface area (Å²) in [6, 6.07) is 5.60. The van der Waals surface area contributed by atoms with Crippen LogP contribution in [0.25, 0.3) is 0 Å². The average Bonchev–Trinajstić information content (AvgIpc) is 2.25. The van der Waals surface area contributed by atoms with Gasteiger partial charge in [0.2, 0.25) is 0 Å².